The molecule has 2 aliphatic rings. The van der Waals surface area contributed by atoms with Gasteiger partial charge in [-0.1, -0.05) is 0 Å². The summed E-state index contributed by atoms with van der Waals surface area (Å²) >= 11 is 0. The highest BCUT2D eigenvalue weighted by molar-refractivity contribution is 5.68. The second-order valence-corrected chi connectivity index (χ2v) is 7.48. The molecule has 5 heteroatoms. The molecule has 0 saturated carbocycles. The minimum Gasteiger partial charge on any atom is -0.444 e. The van der Waals surface area contributed by atoms with E-state index < -0.39 is 5.60 Å². The molecule has 1 amide bonds. The van der Waals surface area contributed by atoms with Crippen molar-refractivity contribution < 1.29 is 9.53 Å². The fraction of sp³-hybridized carbons (Fsp3) is 0.938. The van der Waals surface area contributed by atoms with Crippen LogP contribution in [-0.2, 0) is 4.74 Å². The summed E-state index contributed by atoms with van der Waals surface area (Å²) in [6.07, 6.45) is 2.44. The summed E-state index contributed by atoms with van der Waals surface area (Å²) in [7, 11) is 0. The van der Waals surface area contributed by atoms with Crippen molar-refractivity contribution in [1.82, 2.24) is 15.1 Å². The molecule has 1 N–H and O–H groups in total. The number of ether oxygens (including phenoxy) is 1. The van der Waals surface area contributed by atoms with E-state index in [0.29, 0.717) is 6.04 Å². The number of carbonyl (C=O) groups excluding carboxylic acids is 1. The van der Waals surface area contributed by atoms with Gasteiger partial charge in [-0.25, -0.2) is 4.79 Å². The van der Waals surface area contributed by atoms with Crippen LogP contribution < -0.4 is 5.32 Å². The fourth-order valence-corrected chi connectivity index (χ4v) is 3.17. The lowest BCUT2D eigenvalue weighted by molar-refractivity contribution is 0.00309. The first-order chi connectivity index (χ1) is 9.85. The lowest BCUT2D eigenvalue weighted by atomic mass is 9.98. The number of rotatable bonds is 2. The second-order valence-electron chi connectivity index (χ2n) is 7.48. The van der Waals surface area contributed by atoms with Crippen LogP contribution in [0.25, 0.3) is 0 Å². The van der Waals surface area contributed by atoms with Gasteiger partial charge < -0.3 is 15.0 Å². The van der Waals surface area contributed by atoms with Crippen molar-refractivity contribution in [2.75, 3.05) is 39.3 Å². The predicted molar refractivity (Wildman–Crippen MR) is 84.4 cm³/mol. The van der Waals surface area contributed by atoms with Gasteiger partial charge in [0.1, 0.15) is 5.60 Å². The number of nitrogens with zero attached hydrogens (tertiary/aromatic N) is 2. The highest BCUT2D eigenvalue weighted by atomic mass is 16.6. The third-order valence-corrected chi connectivity index (χ3v) is 4.31. The quantitative estimate of drug-likeness (QED) is 0.846. The zero-order valence-electron chi connectivity index (χ0n) is 14.0. The zero-order valence-corrected chi connectivity index (χ0v) is 14.0. The average molecular weight is 297 g/mol. The number of amides is 1. The van der Waals surface area contributed by atoms with E-state index in [4.69, 9.17) is 4.74 Å². The number of nitrogens with one attached hydrogen (secondary N) is 1. The average Bonchev–Trinajstić information content (AvgIpc) is 2.40. The highest BCUT2D eigenvalue weighted by Gasteiger charge is 2.30. The maximum atomic E-state index is 12.1. The van der Waals surface area contributed by atoms with Crippen molar-refractivity contribution in [2.45, 2.75) is 52.2 Å². The van der Waals surface area contributed by atoms with Gasteiger partial charge in [-0.3, -0.25) is 4.90 Å². The van der Waals surface area contributed by atoms with Gasteiger partial charge in [-0.15, -0.1) is 0 Å². The molecule has 0 aliphatic carbocycles. The number of hydrogen-bond donors (Lipinski definition) is 1. The van der Waals surface area contributed by atoms with Crippen LogP contribution in [0.5, 0.6) is 0 Å². The maximum absolute atomic E-state index is 12.1. The summed E-state index contributed by atoms with van der Waals surface area (Å²) in [5.41, 5.74) is -0.411. The molecule has 21 heavy (non-hydrogen) atoms. The molecule has 2 aliphatic heterocycles. The summed E-state index contributed by atoms with van der Waals surface area (Å²) in [6, 6.07) is 0.410. The molecule has 2 unspecified atom stereocenters. The highest BCUT2D eigenvalue weighted by Crippen LogP contribution is 2.18. The summed E-state index contributed by atoms with van der Waals surface area (Å²) in [5.74, 6) is 0.759. The van der Waals surface area contributed by atoms with Crippen LogP contribution in [0.4, 0.5) is 4.79 Å². The van der Waals surface area contributed by atoms with Gasteiger partial charge >= 0.3 is 6.09 Å². The molecule has 0 bridgehead atoms. The number of piperidine rings is 1. The Morgan fingerprint density at radius 3 is 2.67 bits per heavy atom. The Bertz CT molecular complexity index is 348. The van der Waals surface area contributed by atoms with Gasteiger partial charge in [-0.05, 0) is 59.5 Å². The van der Waals surface area contributed by atoms with E-state index in [1.165, 1.54) is 19.4 Å². The Morgan fingerprint density at radius 2 is 2.10 bits per heavy atom. The Morgan fingerprint density at radius 1 is 1.33 bits per heavy atom. The molecule has 2 rings (SSSR count). The lowest BCUT2D eigenvalue weighted by Gasteiger charge is -2.42. The SMILES string of the molecule is CC1CN(C(=O)OC(C)(C)C)CCN1CC1CCCNC1. The summed E-state index contributed by atoms with van der Waals surface area (Å²) in [6.45, 7) is 13.9. The molecule has 0 radical (unpaired) electrons. The third kappa shape index (κ3) is 5.15. The van der Waals surface area contributed by atoms with E-state index in [1.807, 2.05) is 25.7 Å². The molecular formula is C16H31N3O2. The van der Waals surface area contributed by atoms with Crippen LogP contribution in [0.3, 0.4) is 0 Å². The van der Waals surface area contributed by atoms with Crippen molar-refractivity contribution in [3.05, 3.63) is 0 Å². The fourth-order valence-electron chi connectivity index (χ4n) is 3.17. The molecule has 2 heterocycles. The normalized spacial score (nSPS) is 28.5. The van der Waals surface area contributed by atoms with Crippen LogP contribution in [0.1, 0.15) is 40.5 Å². The van der Waals surface area contributed by atoms with E-state index in [2.05, 4.69) is 17.1 Å². The van der Waals surface area contributed by atoms with E-state index in [-0.39, 0.29) is 6.09 Å². The maximum Gasteiger partial charge on any atom is 0.410 e. The minimum atomic E-state index is -0.411. The smallest absolute Gasteiger partial charge is 0.410 e. The molecule has 2 saturated heterocycles. The molecule has 0 aromatic carbocycles. The van der Waals surface area contributed by atoms with E-state index in [1.54, 1.807) is 0 Å². The van der Waals surface area contributed by atoms with Crippen molar-refractivity contribution >= 4 is 6.09 Å². The first-order valence-electron chi connectivity index (χ1n) is 8.28. The van der Waals surface area contributed by atoms with E-state index in [9.17, 15) is 4.79 Å². The molecule has 0 aromatic heterocycles. The number of piperazine rings is 1. The second kappa shape index (κ2) is 6.97. The number of carbonyl (C=O) groups is 1. The van der Waals surface area contributed by atoms with Crippen LogP contribution in [0, 0.1) is 5.92 Å². The Balaban J connectivity index is 1.79. The first-order valence-corrected chi connectivity index (χ1v) is 8.28. The monoisotopic (exact) mass is 297 g/mol. The van der Waals surface area contributed by atoms with Gasteiger partial charge in [0.25, 0.3) is 0 Å². The van der Waals surface area contributed by atoms with Gasteiger partial charge in [0, 0.05) is 32.2 Å². The minimum absolute atomic E-state index is 0.173. The largest absolute Gasteiger partial charge is 0.444 e. The molecule has 0 spiro atoms. The summed E-state index contributed by atoms with van der Waals surface area (Å²) in [4.78, 5) is 16.5. The van der Waals surface area contributed by atoms with Crippen LogP contribution >= 0.6 is 0 Å². The zero-order chi connectivity index (χ0) is 15.5. The van der Waals surface area contributed by atoms with Crippen molar-refractivity contribution in [2.24, 2.45) is 5.92 Å². The summed E-state index contributed by atoms with van der Waals surface area (Å²) in [5, 5.41) is 3.48. The van der Waals surface area contributed by atoms with Crippen molar-refractivity contribution in [3.8, 4) is 0 Å². The molecule has 5 nitrogen and oxygen atoms in total. The first kappa shape index (κ1) is 16.6. The van der Waals surface area contributed by atoms with Gasteiger partial charge in [-0.2, -0.15) is 0 Å². The molecule has 122 valence electrons. The molecular weight excluding hydrogens is 266 g/mol. The van der Waals surface area contributed by atoms with Crippen LogP contribution in [0.2, 0.25) is 0 Å². The topological polar surface area (TPSA) is 44.8 Å². The van der Waals surface area contributed by atoms with E-state index in [0.717, 1.165) is 38.6 Å². The Labute approximate surface area is 129 Å². The molecule has 0 aromatic rings. The summed E-state index contributed by atoms with van der Waals surface area (Å²) < 4.78 is 5.47. The predicted octanol–water partition coefficient (Wildman–Crippen LogP) is 1.93. The number of hydrogen-bond acceptors (Lipinski definition) is 4. The van der Waals surface area contributed by atoms with Gasteiger partial charge in [0.15, 0.2) is 0 Å². The Kier molecular flexibility index (Phi) is 5.49. The van der Waals surface area contributed by atoms with Crippen LogP contribution in [0.15, 0.2) is 0 Å². The van der Waals surface area contributed by atoms with Crippen LogP contribution in [-0.4, -0.2) is 66.8 Å². The Hall–Kier alpha value is -0.810. The third-order valence-electron chi connectivity index (χ3n) is 4.31. The van der Waals surface area contributed by atoms with E-state index >= 15 is 0 Å². The lowest BCUT2D eigenvalue weighted by Crippen LogP contribution is -2.56. The standard InChI is InChI=1S/C16H31N3O2/c1-13-11-19(15(20)21-16(2,3)4)9-8-18(13)12-14-6-5-7-17-10-14/h13-14,17H,5-12H2,1-4H3. The van der Waals surface area contributed by atoms with Gasteiger partial charge in [0.2, 0.25) is 0 Å². The van der Waals surface area contributed by atoms with Crippen molar-refractivity contribution in [3.63, 3.8) is 0 Å². The molecule has 2 fully saturated rings. The van der Waals surface area contributed by atoms with Crippen molar-refractivity contribution in [1.29, 1.82) is 0 Å². The van der Waals surface area contributed by atoms with Gasteiger partial charge in [0.05, 0.1) is 0 Å². The molecule has 2 atom stereocenters.